The Bertz CT molecular complexity index is 782. The fraction of sp³-hybridized carbons (Fsp3) is 0.607. The number of aliphatic hydroxyl groups excluding tert-OH is 1. The number of hydrogen-bond donors (Lipinski definition) is 1. The van der Waals surface area contributed by atoms with Crippen molar-refractivity contribution < 1.29 is 24.1 Å². The minimum absolute atomic E-state index is 0.0269. The Morgan fingerprint density at radius 1 is 1.12 bits per heavy atom. The summed E-state index contributed by atoms with van der Waals surface area (Å²) in [5.74, 6) is 1.08. The zero-order valence-electron chi connectivity index (χ0n) is 20.2. The minimum Gasteiger partial charge on any atom is -0.497 e. The lowest BCUT2D eigenvalue weighted by Gasteiger charge is -2.19. The van der Waals surface area contributed by atoms with Crippen LogP contribution in [0.2, 0.25) is 0 Å². The average molecular weight is 457 g/mol. The van der Waals surface area contributed by atoms with Crippen molar-refractivity contribution >= 4 is 5.78 Å². The number of benzene rings is 1. The van der Waals surface area contributed by atoms with Crippen molar-refractivity contribution in [1.29, 1.82) is 0 Å². The second kappa shape index (κ2) is 13.7. The number of carbonyl (C=O) groups excluding carboxylic acids is 1. The van der Waals surface area contributed by atoms with E-state index in [4.69, 9.17) is 19.3 Å². The number of rotatable bonds is 15. The van der Waals surface area contributed by atoms with Crippen molar-refractivity contribution in [2.75, 3.05) is 13.7 Å². The van der Waals surface area contributed by atoms with Gasteiger partial charge in [-0.1, -0.05) is 44.1 Å². The summed E-state index contributed by atoms with van der Waals surface area (Å²) in [6.07, 6.45) is 15.3. The Balaban J connectivity index is 1.62. The average Bonchev–Trinajstić information content (AvgIpc) is 3.51. The molecule has 1 saturated carbocycles. The van der Waals surface area contributed by atoms with E-state index >= 15 is 0 Å². The third kappa shape index (κ3) is 8.09. The van der Waals surface area contributed by atoms with Gasteiger partial charge in [0.1, 0.15) is 11.9 Å². The van der Waals surface area contributed by atoms with Crippen LogP contribution in [-0.4, -0.2) is 42.9 Å². The first-order chi connectivity index (χ1) is 16.2. The van der Waals surface area contributed by atoms with Crippen LogP contribution in [0, 0.1) is 5.92 Å². The van der Waals surface area contributed by atoms with E-state index in [-0.39, 0.29) is 36.6 Å². The Labute approximate surface area is 198 Å². The second-order valence-electron chi connectivity index (χ2n) is 9.11. The Kier molecular flexibility index (Phi) is 10.6. The van der Waals surface area contributed by atoms with Gasteiger partial charge in [0.2, 0.25) is 0 Å². The van der Waals surface area contributed by atoms with Crippen LogP contribution >= 0.6 is 0 Å². The lowest BCUT2D eigenvalue weighted by Crippen LogP contribution is -2.19. The first-order valence-corrected chi connectivity index (χ1v) is 12.6. The highest BCUT2D eigenvalue weighted by molar-refractivity contribution is 5.99. The lowest BCUT2D eigenvalue weighted by atomic mass is 9.94. The van der Waals surface area contributed by atoms with E-state index in [1.807, 2.05) is 24.3 Å². The van der Waals surface area contributed by atoms with Crippen LogP contribution in [0.25, 0.3) is 0 Å². The predicted molar refractivity (Wildman–Crippen MR) is 130 cm³/mol. The number of hydrogen-bond acceptors (Lipinski definition) is 5. The molecular formula is C28H40O5. The quantitative estimate of drug-likeness (QED) is 0.162. The summed E-state index contributed by atoms with van der Waals surface area (Å²) < 4.78 is 17.3. The van der Waals surface area contributed by atoms with Crippen molar-refractivity contribution in [3.63, 3.8) is 0 Å². The van der Waals surface area contributed by atoms with E-state index in [1.165, 1.54) is 19.3 Å². The first-order valence-electron chi connectivity index (χ1n) is 12.6. The molecule has 1 aliphatic carbocycles. The molecule has 5 heteroatoms. The molecule has 1 N–H and O–H groups in total. The summed E-state index contributed by atoms with van der Waals surface area (Å²) >= 11 is 0. The predicted octanol–water partition coefficient (Wildman–Crippen LogP) is 5.55. The molecule has 1 heterocycles. The number of methoxy groups -OCH3 is 1. The van der Waals surface area contributed by atoms with Crippen LogP contribution in [0.1, 0.15) is 70.3 Å². The molecule has 0 bridgehead atoms. The number of ether oxygens (including phenoxy) is 3. The third-order valence-electron chi connectivity index (χ3n) is 6.57. The first kappa shape index (κ1) is 25.7. The van der Waals surface area contributed by atoms with E-state index in [1.54, 1.807) is 7.11 Å². The molecule has 33 heavy (non-hydrogen) atoms. The molecule has 1 aliphatic heterocycles. The number of ketones is 1. The Morgan fingerprint density at radius 2 is 1.94 bits per heavy atom. The molecule has 0 spiro atoms. The maximum Gasteiger partial charge on any atom is 0.161 e. The van der Waals surface area contributed by atoms with Gasteiger partial charge in [-0.05, 0) is 67.9 Å². The van der Waals surface area contributed by atoms with Gasteiger partial charge in [-0.2, -0.15) is 0 Å². The molecule has 3 rings (SSSR count). The van der Waals surface area contributed by atoms with Gasteiger partial charge in [0.05, 0.1) is 25.9 Å². The highest BCUT2D eigenvalue weighted by atomic mass is 16.6. The van der Waals surface area contributed by atoms with Crippen LogP contribution in [0.4, 0.5) is 0 Å². The zero-order chi connectivity index (χ0) is 23.5. The van der Waals surface area contributed by atoms with Crippen molar-refractivity contribution in [2.45, 2.75) is 89.6 Å². The summed E-state index contributed by atoms with van der Waals surface area (Å²) in [7, 11) is 1.66. The molecule has 182 valence electrons. The Morgan fingerprint density at radius 3 is 2.67 bits per heavy atom. The van der Waals surface area contributed by atoms with Gasteiger partial charge in [-0.3, -0.25) is 4.79 Å². The number of Topliss-reactive ketones (excluding diaryl/α,β-unsaturated/α-hetero) is 1. The topological polar surface area (TPSA) is 68.3 Å². The van der Waals surface area contributed by atoms with Crippen molar-refractivity contribution in [1.82, 2.24) is 0 Å². The fourth-order valence-electron chi connectivity index (χ4n) is 4.49. The number of carbonyl (C=O) groups is 1. The largest absolute Gasteiger partial charge is 0.497 e. The number of unbranched alkanes of at least 4 members (excludes halogenated alkanes) is 4. The minimum atomic E-state index is -0.113. The molecule has 1 aromatic rings. The van der Waals surface area contributed by atoms with E-state index in [0.29, 0.717) is 13.0 Å². The summed E-state index contributed by atoms with van der Waals surface area (Å²) in [4.78, 5) is 12.9. The summed E-state index contributed by atoms with van der Waals surface area (Å²) in [6.45, 7) is 2.92. The lowest BCUT2D eigenvalue weighted by molar-refractivity contribution is -0.115. The van der Waals surface area contributed by atoms with E-state index in [2.05, 4.69) is 25.2 Å². The summed E-state index contributed by atoms with van der Waals surface area (Å²) in [6, 6.07) is 7.87. The van der Waals surface area contributed by atoms with E-state index in [0.717, 1.165) is 49.0 Å². The van der Waals surface area contributed by atoms with Crippen LogP contribution in [0.15, 0.2) is 48.1 Å². The number of epoxide rings is 1. The molecule has 1 saturated heterocycles. The van der Waals surface area contributed by atoms with E-state index < -0.39 is 0 Å². The number of allylic oxidation sites excluding steroid dienone is 2. The molecule has 0 amide bonds. The maximum absolute atomic E-state index is 12.9. The maximum atomic E-state index is 12.9. The van der Waals surface area contributed by atoms with Crippen LogP contribution < -0.4 is 4.74 Å². The van der Waals surface area contributed by atoms with Crippen LogP contribution in [0.3, 0.4) is 0 Å². The van der Waals surface area contributed by atoms with Crippen molar-refractivity contribution in [3.05, 3.63) is 53.6 Å². The highest BCUT2D eigenvalue weighted by Gasteiger charge is 2.42. The molecule has 0 aromatic heterocycles. The van der Waals surface area contributed by atoms with Gasteiger partial charge in [-0.15, -0.1) is 0 Å². The molecule has 2 aliphatic rings. The molecule has 2 fully saturated rings. The zero-order valence-corrected chi connectivity index (χ0v) is 20.2. The second-order valence-corrected chi connectivity index (χ2v) is 9.11. The molecular weight excluding hydrogens is 416 g/mol. The van der Waals surface area contributed by atoms with Crippen LogP contribution in [0.5, 0.6) is 5.75 Å². The smallest absolute Gasteiger partial charge is 0.161 e. The molecule has 0 unspecified atom stereocenters. The molecule has 4 atom stereocenters. The van der Waals surface area contributed by atoms with Gasteiger partial charge in [0, 0.05) is 18.9 Å². The third-order valence-corrected chi connectivity index (χ3v) is 6.57. The van der Waals surface area contributed by atoms with Crippen molar-refractivity contribution in [2.24, 2.45) is 5.92 Å². The van der Waals surface area contributed by atoms with Gasteiger partial charge < -0.3 is 19.3 Å². The van der Waals surface area contributed by atoms with Gasteiger partial charge in [0.25, 0.3) is 0 Å². The molecule has 5 nitrogen and oxygen atoms in total. The fourth-order valence-corrected chi connectivity index (χ4v) is 4.49. The molecule has 0 radical (unpaired) electrons. The van der Waals surface area contributed by atoms with Gasteiger partial charge >= 0.3 is 0 Å². The standard InChI is InChI=1S/C28H40O5/c1-3-4-5-6-7-8-11-23-24(18-28-26(33-28)12-9-10-17-29)25(30)19-27(23)32-20-21-13-15-22(31-2)16-14-21/h7-8,13-16,18,23,26-29H,3-6,9-12,17,19-20H2,1-2H3/b8-7-,24-18+/t23-,26-,27+,28-/m1/s1. The van der Waals surface area contributed by atoms with Crippen LogP contribution in [-0.2, 0) is 20.9 Å². The van der Waals surface area contributed by atoms with E-state index in [9.17, 15) is 4.79 Å². The summed E-state index contributed by atoms with van der Waals surface area (Å²) in [5.41, 5.74) is 1.95. The summed E-state index contributed by atoms with van der Waals surface area (Å²) in [5, 5.41) is 8.98. The SMILES string of the molecule is CCCCC/C=C\C[C@@H]1/C(=C\[C@H]2O[C@@H]2CCCCO)C(=O)C[C@@H]1OCc1ccc(OC)cc1. The van der Waals surface area contributed by atoms with Gasteiger partial charge in [0.15, 0.2) is 5.78 Å². The Hall–Kier alpha value is -1.95. The van der Waals surface area contributed by atoms with Gasteiger partial charge in [-0.25, -0.2) is 0 Å². The molecule has 1 aromatic carbocycles. The normalized spacial score (nSPS) is 25.9. The van der Waals surface area contributed by atoms with Crippen molar-refractivity contribution in [3.8, 4) is 5.75 Å². The highest BCUT2D eigenvalue weighted by Crippen LogP contribution is 2.38. The number of aliphatic hydroxyl groups is 1. The monoisotopic (exact) mass is 456 g/mol.